The lowest BCUT2D eigenvalue weighted by Crippen LogP contribution is -2.38. The normalized spacial score (nSPS) is 17.8. The minimum absolute atomic E-state index is 0.290. The molecule has 6 heteroatoms. The molecule has 0 saturated carbocycles. The highest BCUT2D eigenvalue weighted by molar-refractivity contribution is 7.89. The predicted molar refractivity (Wildman–Crippen MR) is 84.8 cm³/mol. The fraction of sp³-hybridized carbons (Fsp3) is 0.667. The highest BCUT2D eigenvalue weighted by Gasteiger charge is 2.29. The minimum Gasteiger partial charge on any atom is -0.370 e. The van der Waals surface area contributed by atoms with Gasteiger partial charge in [-0.2, -0.15) is 4.31 Å². The fourth-order valence-corrected chi connectivity index (χ4v) is 4.23. The molecule has 1 aliphatic rings. The number of hydrogen-bond donors (Lipinski definition) is 1. The molecule has 2 heterocycles. The first kappa shape index (κ1) is 16.2. The van der Waals surface area contributed by atoms with Crippen molar-refractivity contribution in [2.45, 2.75) is 44.4 Å². The van der Waals surface area contributed by atoms with Crippen LogP contribution < -0.4 is 5.32 Å². The lowest BCUT2D eigenvalue weighted by Gasteiger charge is -2.31. The average Bonchev–Trinajstić information content (AvgIpc) is 2.49. The quantitative estimate of drug-likeness (QED) is 0.877. The van der Waals surface area contributed by atoms with Crippen molar-refractivity contribution in [3.63, 3.8) is 0 Å². The number of hydrogen-bond acceptors (Lipinski definition) is 4. The van der Waals surface area contributed by atoms with Crippen LogP contribution in [-0.2, 0) is 10.0 Å². The summed E-state index contributed by atoms with van der Waals surface area (Å²) >= 11 is 0. The number of piperidine rings is 1. The van der Waals surface area contributed by atoms with E-state index in [0.717, 1.165) is 19.4 Å². The van der Waals surface area contributed by atoms with Gasteiger partial charge in [0.2, 0.25) is 10.0 Å². The zero-order valence-corrected chi connectivity index (χ0v) is 13.7. The minimum atomic E-state index is -3.39. The van der Waals surface area contributed by atoms with E-state index in [-0.39, 0.29) is 4.90 Å². The predicted octanol–water partition coefficient (Wildman–Crippen LogP) is 2.71. The van der Waals surface area contributed by atoms with Gasteiger partial charge in [0, 0.05) is 25.8 Å². The maximum absolute atomic E-state index is 12.6. The van der Waals surface area contributed by atoms with Crippen LogP contribution in [0.15, 0.2) is 23.2 Å². The van der Waals surface area contributed by atoms with Crippen LogP contribution in [0.25, 0.3) is 0 Å². The zero-order chi connectivity index (χ0) is 15.3. The molecular formula is C15H25N3O2S. The summed E-state index contributed by atoms with van der Waals surface area (Å²) in [6.07, 6.45) is 5.76. The SMILES string of the molecule is CCCC1CCN(S(=O)(=O)c2ccc(NCC)nc2)CC1. The summed E-state index contributed by atoms with van der Waals surface area (Å²) in [5.74, 6) is 1.38. The van der Waals surface area contributed by atoms with Gasteiger partial charge in [0.25, 0.3) is 0 Å². The van der Waals surface area contributed by atoms with Crippen molar-refractivity contribution in [1.82, 2.24) is 9.29 Å². The smallest absolute Gasteiger partial charge is 0.244 e. The summed E-state index contributed by atoms with van der Waals surface area (Å²) in [5, 5.41) is 3.07. The first-order valence-electron chi connectivity index (χ1n) is 7.78. The Kier molecular flexibility index (Phi) is 5.58. The highest BCUT2D eigenvalue weighted by Crippen LogP contribution is 2.26. The van der Waals surface area contributed by atoms with Gasteiger partial charge in [0.1, 0.15) is 10.7 Å². The van der Waals surface area contributed by atoms with E-state index < -0.39 is 10.0 Å². The topological polar surface area (TPSA) is 62.3 Å². The van der Waals surface area contributed by atoms with Gasteiger partial charge >= 0.3 is 0 Å². The molecule has 21 heavy (non-hydrogen) atoms. The molecule has 1 aromatic heterocycles. The number of aromatic nitrogens is 1. The van der Waals surface area contributed by atoms with Crippen LogP contribution in [0, 0.1) is 5.92 Å². The monoisotopic (exact) mass is 311 g/mol. The Morgan fingerprint density at radius 2 is 2.00 bits per heavy atom. The first-order chi connectivity index (χ1) is 10.1. The van der Waals surface area contributed by atoms with E-state index in [1.165, 1.54) is 19.0 Å². The number of nitrogens with one attached hydrogen (secondary N) is 1. The van der Waals surface area contributed by atoms with E-state index in [4.69, 9.17) is 0 Å². The molecular weight excluding hydrogens is 286 g/mol. The molecule has 2 rings (SSSR count). The van der Waals surface area contributed by atoms with Crippen molar-refractivity contribution < 1.29 is 8.42 Å². The first-order valence-corrected chi connectivity index (χ1v) is 9.22. The third-order valence-corrected chi connectivity index (χ3v) is 5.88. The third-order valence-electron chi connectivity index (χ3n) is 4.00. The van der Waals surface area contributed by atoms with Crippen LogP contribution in [0.5, 0.6) is 0 Å². The average molecular weight is 311 g/mol. The van der Waals surface area contributed by atoms with Crippen LogP contribution in [0.4, 0.5) is 5.82 Å². The molecule has 0 aromatic carbocycles. The Hall–Kier alpha value is -1.14. The van der Waals surface area contributed by atoms with Gasteiger partial charge in [-0.05, 0) is 37.8 Å². The van der Waals surface area contributed by atoms with Gasteiger partial charge in [-0.15, -0.1) is 0 Å². The van der Waals surface area contributed by atoms with Crippen molar-refractivity contribution in [3.05, 3.63) is 18.3 Å². The summed E-state index contributed by atoms with van der Waals surface area (Å²) in [5.41, 5.74) is 0. The van der Waals surface area contributed by atoms with Crippen LogP contribution in [0.1, 0.15) is 39.5 Å². The molecule has 0 radical (unpaired) electrons. The lowest BCUT2D eigenvalue weighted by atomic mass is 9.94. The molecule has 0 unspecified atom stereocenters. The Balaban J connectivity index is 2.04. The lowest BCUT2D eigenvalue weighted by molar-refractivity contribution is 0.262. The Morgan fingerprint density at radius 1 is 1.29 bits per heavy atom. The second-order valence-electron chi connectivity index (χ2n) is 5.55. The van der Waals surface area contributed by atoms with Gasteiger partial charge in [0.05, 0.1) is 0 Å². The maximum Gasteiger partial charge on any atom is 0.244 e. The van der Waals surface area contributed by atoms with Crippen molar-refractivity contribution in [2.24, 2.45) is 5.92 Å². The van der Waals surface area contributed by atoms with E-state index >= 15 is 0 Å². The summed E-state index contributed by atoms with van der Waals surface area (Å²) in [6.45, 7) is 6.18. The molecule has 1 saturated heterocycles. The van der Waals surface area contributed by atoms with Crippen LogP contribution in [-0.4, -0.2) is 37.3 Å². The second-order valence-corrected chi connectivity index (χ2v) is 7.48. The van der Waals surface area contributed by atoms with Crippen molar-refractivity contribution in [1.29, 1.82) is 0 Å². The van der Waals surface area contributed by atoms with E-state index in [0.29, 0.717) is 24.8 Å². The summed E-state index contributed by atoms with van der Waals surface area (Å²) < 4.78 is 26.8. The molecule has 1 aliphatic heterocycles. The van der Waals surface area contributed by atoms with Gasteiger partial charge in [-0.1, -0.05) is 19.8 Å². The molecule has 0 spiro atoms. The van der Waals surface area contributed by atoms with Crippen molar-refractivity contribution in [2.75, 3.05) is 25.0 Å². The summed E-state index contributed by atoms with van der Waals surface area (Å²) in [6, 6.07) is 3.36. The molecule has 118 valence electrons. The van der Waals surface area contributed by atoms with E-state index in [1.54, 1.807) is 16.4 Å². The maximum atomic E-state index is 12.6. The summed E-state index contributed by atoms with van der Waals surface area (Å²) in [4.78, 5) is 4.45. The van der Waals surface area contributed by atoms with Gasteiger partial charge in [0.15, 0.2) is 0 Å². The molecule has 1 aromatic rings. The Bertz CT molecular complexity index is 535. The molecule has 5 nitrogen and oxygen atoms in total. The number of rotatable bonds is 6. The van der Waals surface area contributed by atoms with Crippen molar-refractivity contribution in [3.8, 4) is 0 Å². The molecule has 0 aliphatic carbocycles. The Morgan fingerprint density at radius 3 is 2.52 bits per heavy atom. The number of pyridine rings is 1. The molecule has 1 fully saturated rings. The number of nitrogens with zero attached hydrogens (tertiary/aromatic N) is 2. The van der Waals surface area contributed by atoms with Crippen LogP contribution >= 0.6 is 0 Å². The summed E-state index contributed by atoms with van der Waals surface area (Å²) in [7, 11) is -3.39. The Labute approximate surface area is 127 Å². The largest absolute Gasteiger partial charge is 0.370 e. The van der Waals surface area contributed by atoms with Crippen LogP contribution in [0.3, 0.4) is 0 Å². The fourth-order valence-electron chi connectivity index (χ4n) is 2.81. The van der Waals surface area contributed by atoms with Crippen molar-refractivity contribution >= 4 is 15.8 Å². The van der Waals surface area contributed by atoms with E-state index in [1.807, 2.05) is 6.92 Å². The molecule has 0 bridgehead atoms. The van der Waals surface area contributed by atoms with Crippen LogP contribution in [0.2, 0.25) is 0 Å². The standard InChI is InChI=1S/C15H25N3O2S/c1-3-5-13-8-10-18(11-9-13)21(19,20)14-6-7-15(16-4-2)17-12-14/h6-7,12-13H,3-5,8-11H2,1-2H3,(H,16,17). The highest BCUT2D eigenvalue weighted by atomic mass is 32.2. The van der Waals surface area contributed by atoms with E-state index in [2.05, 4.69) is 17.2 Å². The number of sulfonamides is 1. The zero-order valence-electron chi connectivity index (χ0n) is 12.9. The molecule has 0 amide bonds. The van der Waals surface area contributed by atoms with E-state index in [9.17, 15) is 8.42 Å². The number of anilines is 1. The van der Waals surface area contributed by atoms with Gasteiger partial charge in [-0.3, -0.25) is 0 Å². The van der Waals surface area contributed by atoms with Gasteiger partial charge < -0.3 is 5.32 Å². The molecule has 0 atom stereocenters. The molecule has 1 N–H and O–H groups in total. The van der Waals surface area contributed by atoms with Gasteiger partial charge in [-0.25, -0.2) is 13.4 Å². The third kappa shape index (κ3) is 3.95. The second kappa shape index (κ2) is 7.22.